The number of aromatic nitrogens is 1. The third kappa shape index (κ3) is 3.69. The van der Waals surface area contributed by atoms with Gasteiger partial charge in [-0.2, -0.15) is 0 Å². The molecule has 1 aliphatic rings. The van der Waals surface area contributed by atoms with Crippen LogP contribution in [0, 0.1) is 6.92 Å². The smallest absolute Gasteiger partial charge is 0.321 e. The fourth-order valence-corrected chi connectivity index (χ4v) is 3.53. The van der Waals surface area contributed by atoms with E-state index >= 15 is 0 Å². The molecule has 2 aromatic heterocycles. The quantitative estimate of drug-likeness (QED) is 0.605. The summed E-state index contributed by atoms with van der Waals surface area (Å²) >= 11 is 0. The van der Waals surface area contributed by atoms with Gasteiger partial charge in [0, 0.05) is 30.2 Å². The van der Waals surface area contributed by atoms with Gasteiger partial charge in [-0.25, -0.2) is 9.78 Å². The summed E-state index contributed by atoms with van der Waals surface area (Å²) in [6, 6.07) is 7.67. The second kappa shape index (κ2) is 7.86. The minimum absolute atomic E-state index is 0.154. The number of carbonyl (C=O) groups is 3. The third-order valence-electron chi connectivity index (χ3n) is 4.97. The number of ether oxygens (including phenoxy) is 1. The Morgan fingerprint density at radius 2 is 2.20 bits per heavy atom. The summed E-state index contributed by atoms with van der Waals surface area (Å²) < 4.78 is 11.0. The topological polar surface area (TPSA) is 114 Å². The largest absolute Gasteiger partial charge is 0.497 e. The van der Waals surface area contributed by atoms with Crippen molar-refractivity contribution in [2.24, 2.45) is 0 Å². The number of rotatable bonds is 6. The first-order valence-corrected chi connectivity index (χ1v) is 9.31. The highest BCUT2D eigenvalue weighted by atomic mass is 16.5. The first kappa shape index (κ1) is 19.4. The second-order valence-electron chi connectivity index (χ2n) is 7.05. The predicted octanol–water partition coefficient (Wildman–Crippen LogP) is 2.30. The summed E-state index contributed by atoms with van der Waals surface area (Å²) in [5.41, 5.74) is 2.84. The maximum atomic E-state index is 12.9. The molecule has 0 radical (unpaired) electrons. The van der Waals surface area contributed by atoms with Gasteiger partial charge in [-0.1, -0.05) is 6.07 Å². The van der Waals surface area contributed by atoms with Gasteiger partial charge in [0.1, 0.15) is 17.6 Å². The van der Waals surface area contributed by atoms with Gasteiger partial charge in [-0.3, -0.25) is 14.9 Å². The van der Waals surface area contributed by atoms with Gasteiger partial charge in [-0.05, 0) is 42.3 Å². The Kier molecular flexibility index (Phi) is 5.09. The van der Waals surface area contributed by atoms with Gasteiger partial charge in [-0.15, -0.1) is 0 Å². The minimum atomic E-state index is -0.689. The molecule has 1 aromatic carbocycles. The Morgan fingerprint density at radius 3 is 2.97 bits per heavy atom. The zero-order valence-corrected chi connectivity index (χ0v) is 16.5. The fourth-order valence-electron chi connectivity index (χ4n) is 3.53. The Bertz CT molecular complexity index is 1140. The van der Waals surface area contributed by atoms with E-state index in [1.165, 1.54) is 0 Å². The molecule has 0 aliphatic carbocycles. The van der Waals surface area contributed by atoms with E-state index in [9.17, 15) is 14.4 Å². The van der Waals surface area contributed by atoms with Crippen LogP contribution in [0.15, 0.2) is 40.9 Å². The predicted molar refractivity (Wildman–Crippen MR) is 107 cm³/mol. The van der Waals surface area contributed by atoms with Crippen LogP contribution in [0.2, 0.25) is 0 Å². The van der Waals surface area contributed by atoms with Crippen LogP contribution in [0.4, 0.5) is 4.79 Å². The number of amides is 4. The Morgan fingerprint density at radius 1 is 1.37 bits per heavy atom. The lowest BCUT2D eigenvalue weighted by molar-refractivity contribution is -0.108. The number of methoxy groups -OCH3 is 1. The average Bonchev–Trinajstić information content (AvgIpc) is 3.28. The first-order valence-electron chi connectivity index (χ1n) is 9.31. The average molecular weight is 408 g/mol. The molecular formula is C21H20N4O5. The third-order valence-corrected chi connectivity index (χ3v) is 4.97. The molecule has 154 valence electrons. The van der Waals surface area contributed by atoms with Gasteiger partial charge < -0.3 is 19.4 Å². The number of carbonyl (C=O) groups excluding carboxylic acids is 3. The van der Waals surface area contributed by atoms with Crippen LogP contribution in [0.5, 0.6) is 5.75 Å². The summed E-state index contributed by atoms with van der Waals surface area (Å²) in [5.74, 6) is 0.866. The number of nitrogens with one attached hydrogen (secondary N) is 2. The first-order chi connectivity index (χ1) is 14.5. The van der Waals surface area contributed by atoms with E-state index in [0.29, 0.717) is 35.7 Å². The lowest BCUT2D eigenvalue weighted by atomic mass is 10.1. The van der Waals surface area contributed by atoms with Crippen LogP contribution in [0.1, 0.15) is 33.3 Å². The molecule has 3 heterocycles. The van der Waals surface area contributed by atoms with E-state index < -0.39 is 12.1 Å². The SMILES string of the molecule is COc1ccc2c(c1)C(=O)N(C[C@H](NC(=O)NC=O)c1cc3cc(C)cnc3o1)C2. The molecule has 2 N–H and O–H groups in total. The Hall–Kier alpha value is -3.88. The molecule has 9 nitrogen and oxygen atoms in total. The molecule has 4 rings (SSSR count). The molecule has 0 saturated heterocycles. The van der Waals surface area contributed by atoms with E-state index in [4.69, 9.17) is 9.15 Å². The number of urea groups is 1. The number of benzene rings is 1. The number of aryl methyl sites for hydroxylation is 1. The maximum absolute atomic E-state index is 12.9. The lowest BCUT2D eigenvalue weighted by Crippen LogP contribution is -2.42. The van der Waals surface area contributed by atoms with Gasteiger partial charge in [0.2, 0.25) is 12.1 Å². The second-order valence-corrected chi connectivity index (χ2v) is 7.05. The number of nitrogens with zero attached hydrogens (tertiary/aromatic N) is 2. The Balaban J connectivity index is 1.62. The fraction of sp³-hybridized carbons (Fsp3) is 0.238. The summed E-state index contributed by atoms with van der Waals surface area (Å²) in [6.07, 6.45) is 1.98. The number of pyridine rings is 1. The molecular weight excluding hydrogens is 388 g/mol. The summed E-state index contributed by atoms with van der Waals surface area (Å²) in [6.45, 7) is 2.46. The van der Waals surface area contributed by atoms with Crippen molar-refractivity contribution in [2.45, 2.75) is 19.5 Å². The van der Waals surface area contributed by atoms with Gasteiger partial charge in [0.15, 0.2) is 0 Å². The van der Waals surface area contributed by atoms with Crippen molar-refractivity contribution < 1.29 is 23.5 Å². The van der Waals surface area contributed by atoms with Crippen LogP contribution in [-0.4, -0.2) is 41.9 Å². The highest BCUT2D eigenvalue weighted by molar-refractivity contribution is 5.98. The van der Waals surface area contributed by atoms with Crippen molar-refractivity contribution in [1.29, 1.82) is 0 Å². The maximum Gasteiger partial charge on any atom is 0.321 e. The molecule has 30 heavy (non-hydrogen) atoms. The minimum Gasteiger partial charge on any atom is -0.497 e. The molecule has 1 aliphatic heterocycles. The van der Waals surface area contributed by atoms with Crippen molar-refractivity contribution >= 4 is 29.4 Å². The number of hydrogen-bond acceptors (Lipinski definition) is 6. The van der Waals surface area contributed by atoms with Crippen molar-refractivity contribution in [2.75, 3.05) is 13.7 Å². The van der Waals surface area contributed by atoms with Gasteiger partial charge in [0.25, 0.3) is 5.91 Å². The van der Waals surface area contributed by atoms with E-state index in [1.807, 2.05) is 24.4 Å². The standard InChI is InChI=1S/C21H20N4O5/c1-12-5-14-6-18(30-19(14)22-8-12)17(24-21(28)23-11-26)10-25-9-13-3-4-15(29-2)7-16(13)20(25)27/h3-8,11,17H,9-10H2,1-2H3,(H2,23,24,26,28)/t17-/m0/s1. The van der Waals surface area contributed by atoms with E-state index in [-0.39, 0.29) is 12.5 Å². The van der Waals surface area contributed by atoms with Gasteiger partial charge >= 0.3 is 6.03 Å². The van der Waals surface area contributed by atoms with Gasteiger partial charge in [0.05, 0.1) is 7.11 Å². The lowest BCUT2D eigenvalue weighted by Gasteiger charge is -2.23. The number of fused-ring (bicyclic) bond motifs is 2. The van der Waals surface area contributed by atoms with Crippen molar-refractivity contribution in [3.05, 3.63) is 59.0 Å². The molecule has 0 unspecified atom stereocenters. The summed E-state index contributed by atoms with van der Waals surface area (Å²) in [7, 11) is 1.54. The van der Waals surface area contributed by atoms with Crippen molar-refractivity contribution in [3.63, 3.8) is 0 Å². The summed E-state index contributed by atoms with van der Waals surface area (Å²) in [5, 5.41) is 5.52. The molecule has 9 heteroatoms. The molecule has 0 spiro atoms. The normalized spacial score (nSPS) is 13.8. The molecule has 0 saturated carbocycles. The monoisotopic (exact) mass is 408 g/mol. The van der Waals surface area contributed by atoms with Crippen LogP contribution < -0.4 is 15.4 Å². The molecule has 1 atom stereocenters. The zero-order chi connectivity index (χ0) is 21.3. The molecule has 0 bridgehead atoms. The van der Waals surface area contributed by atoms with E-state index in [2.05, 4.69) is 10.3 Å². The highest BCUT2D eigenvalue weighted by Gasteiger charge is 2.31. The van der Waals surface area contributed by atoms with Crippen molar-refractivity contribution in [3.8, 4) is 5.75 Å². The molecule has 4 amide bonds. The zero-order valence-electron chi connectivity index (χ0n) is 16.5. The van der Waals surface area contributed by atoms with Crippen LogP contribution in [0.25, 0.3) is 11.1 Å². The number of furan rings is 1. The molecule has 0 fully saturated rings. The number of hydrogen-bond donors (Lipinski definition) is 2. The van der Waals surface area contributed by atoms with Crippen molar-refractivity contribution in [1.82, 2.24) is 20.5 Å². The van der Waals surface area contributed by atoms with Crippen LogP contribution in [-0.2, 0) is 11.3 Å². The number of imide groups is 1. The van der Waals surface area contributed by atoms with Crippen LogP contribution >= 0.6 is 0 Å². The van der Waals surface area contributed by atoms with E-state index in [0.717, 1.165) is 16.5 Å². The highest BCUT2D eigenvalue weighted by Crippen LogP contribution is 2.30. The van der Waals surface area contributed by atoms with E-state index in [1.54, 1.807) is 36.4 Å². The molecule has 3 aromatic rings. The summed E-state index contributed by atoms with van der Waals surface area (Å²) in [4.78, 5) is 41.4. The van der Waals surface area contributed by atoms with Crippen LogP contribution in [0.3, 0.4) is 0 Å². The Labute approximate surface area is 172 Å².